The fourth-order valence-corrected chi connectivity index (χ4v) is 3.33. The smallest absolute Gasteiger partial charge is 0.265 e. The summed E-state index contributed by atoms with van der Waals surface area (Å²) in [5.74, 6) is -0.834. The summed E-state index contributed by atoms with van der Waals surface area (Å²) in [6.07, 6.45) is 1.44. The number of aromatic nitrogens is 3. The lowest BCUT2D eigenvalue weighted by Crippen LogP contribution is -2.55. The Morgan fingerprint density at radius 1 is 1.48 bits per heavy atom. The van der Waals surface area contributed by atoms with Crippen molar-refractivity contribution in [2.45, 2.75) is 24.2 Å². The maximum atomic E-state index is 14.3. The van der Waals surface area contributed by atoms with Crippen molar-refractivity contribution >= 4 is 34.3 Å². The second-order valence-corrected chi connectivity index (χ2v) is 7.12. The molecule has 1 saturated heterocycles. The number of thioether (sulfide) groups is 1. The fraction of sp³-hybridized carbons (Fsp3) is 0.533. The van der Waals surface area contributed by atoms with E-state index in [1.54, 1.807) is 6.26 Å². The van der Waals surface area contributed by atoms with Crippen LogP contribution in [0.4, 0.5) is 4.39 Å². The zero-order valence-electron chi connectivity index (χ0n) is 14.1. The lowest BCUT2D eigenvalue weighted by Gasteiger charge is -2.34. The minimum absolute atomic E-state index is 0.00895. The quantitative estimate of drug-likeness (QED) is 0.467. The molecular formula is C15H19ClFN5O2S. The van der Waals surface area contributed by atoms with Crippen LogP contribution in [0.25, 0.3) is 10.9 Å². The number of fused-ring (bicyclic) bond motifs is 1. The molecule has 1 aliphatic rings. The van der Waals surface area contributed by atoms with Crippen LogP contribution < -0.4 is 15.6 Å². The molecule has 10 heteroatoms. The lowest BCUT2D eigenvalue weighted by atomic mass is 10.1. The molecule has 1 aliphatic heterocycles. The molecule has 3 rings (SSSR count). The average molecular weight is 388 g/mol. The lowest BCUT2D eigenvalue weighted by molar-refractivity contribution is 0.117. The van der Waals surface area contributed by atoms with Crippen molar-refractivity contribution in [3.63, 3.8) is 0 Å². The third-order valence-corrected chi connectivity index (χ3v) is 5.00. The zero-order valence-corrected chi connectivity index (χ0v) is 15.7. The summed E-state index contributed by atoms with van der Waals surface area (Å²) in [4.78, 5) is 25.2. The van der Waals surface area contributed by atoms with E-state index in [1.807, 2.05) is 14.0 Å². The van der Waals surface area contributed by atoms with Crippen LogP contribution in [0.15, 0.2) is 9.95 Å². The molecule has 2 atom stereocenters. The number of likely N-dealkylation sites (N-methyl/N-ethyl adjacent to an activating group) is 1. The number of ether oxygens (including phenoxy) is 1. The zero-order chi connectivity index (χ0) is 18.1. The predicted molar refractivity (Wildman–Crippen MR) is 96.3 cm³/mol. The van der Waals surface area contributed by atoms with E-state index in [2.05, 4.69) is 25.2 Å². The number of piperazine rings is 1. The highest BCUT2D eigenvalue weighted by molar-refractivity contribution is 7.98. The van der Waals surface area contributed by atoms with E-state index in [9.17, 15) is 9.18 Å². The molecule has 2 N–H and O–H groups in total. The molecule has 2 aromatic heterocycles. The van der Waals surface area contributed by atoms with Gasteiger partial charge in [0.15, 0.2) is 16.1 Å². The van der Waals surface area contributed by atoms with E-state index in [4.69, 9.17) is 16.3 Å². The Morgan fingerprint density at radius 2 is 2.24 bits per heavy atom. The SMILES string of the molecule is CSc1nc2c(F)c(Cl)nc(OC(C)C3CN(C)CCN3)c2c(=O)[nH]1. The van der Waals surface area contributed by atoms with Crippen LogP contribution in [0.3, 0.4) is 0 Å². The molecule has 0 aliphatic carbocycles. The monoisotopic (exact) mass is 387 g/mol. The average Bonchev–Trinajstić information content (AvgIpc) is 2.58. The van der Waals surface area contributed by atoms with Crippen LogP contribution in [0.1, 0.15) is 6.92 Å². The number of halogens is 2. The second kappa shape index (κ2) is 7.45. The second-order valence-electron chi connectivity index (χ2n) is 5.97. The van der Waals surface area contributed by atoms with Gasteiger partial charge in [0.05, 0.1) is 6.04 Å². The molecule has 2 aromatic rings. The predicted octanol–water partition coefficient (Wildman–Crippen LogP) is 1.50. The molecule has 136 valence electrons. The Hall–Kier alpha value is -1.42. The van der Waals surface area contributed by atoms with Crippen LogP contribution in [-0.4, -0.2) is 64.9 Å². The van der Waals surface area contributed by atoms with Gasteiger partial charge >= 0.3 is 0 Å². The number of aromatic amines is 1. The molecule has 0 aromatic carbocycles. The van der Waals surface area contributed by atoms with Gasteiger partial charge in [-0.05, 0) is 20.2 Å². The van der Waals surface area contributed by atoms with Crippen LogP contribution in [0.5, 0.6) is 5.88 Å². The summed E-state index contributed by atoms with van der Waals surface area (Å²) in [5, 5.41) is 3.27. The molecule has 0 saturated carbocycles. The van der Waals surface area contributed by atoms with E-state index in [0.717, 1.165) is 19.6 Å². The first-order valence-electron chi connectivity index (χ1n) is 7.82. The molecule has 2 unspecified atom stereocenters. The fourth-order valence-electron chi connectivity index (χ4n) is 2.79. The molecule has 0 radical (unpaired) electrons. The number of nitrogens with zero attached hydrogens (tertiary/aromatic N) is 3. The van der Waals surface area contributed by atoms with Crippen molar-refractivity contribution in [1.29, 1.82) is 0 Å². The van der Waals surface area contributed by atoms with Gasteiger partial charge in [-0.1, -0.05) is 23.4 Å². The number of nitrogens with one attached hydrogen (secondary N) is 2. The van der Waals surface area contributed by atoms with E-state index in [1.165, 1.54) is 11.8 Å². The summed E-state index contributed by atoms with van der Waals surface area (Å²) >= 11 is 7.09. The summed E-state index contributed by atoms with van der Waals surface area (Å²) in [6, 6.07) is 0.0527. The molecule has 0 bridgehead atoms. The van der Waals surface area contributed by atoms with Crippen LogP contribution >= 0.6 is 23.4 Å². The van der Waals surface area contributed by atoms with E-state index in [0.29, 0.717) is 5.16 Å². The normalized spacial score (nSPS) is 20.0. The van der Waals surface area contributed by atoms with Crippen molar-refractivity contribution in [2.75, 3.05) is 32.9 Å². The largest absolute Gasteiger partial charge is 0.472 e. The van der Waals surface area contributed by atoms with Gasteiger partial charge in [0.25, 0.3) is 5.56 Å². The van der Waals surface area contributed by atoms with E-state index in [-0.39, 0.29) is 34.1 Å². The number of rotatable bonds is 4. The first kappa shape index (κ1) is 18.4. The highest BCUT2D eigenvalue weighted by Gasteiger charge is 2.26. The van der Waals surface area contributed by atoms with Gasteiger partial charge in [0, 0.05) is 19.6 Å². The van der Waals surface area contributed by atoms with Crippen molar-refractivity contribution in [2.24, 2.45) is 0 Å². The summed E-state index contributed by atoms with van der Waals surface area (Å²) in [5.41, 5.74) is -0.641. The number of hydrogen-bond donors (Lipinski definition) is 2. The molecular weight excluding hydrogens is 369 g/mol. The first-order valence-corrected chi connectivity index (χ1v) is 9.42. The first-order chi connectivity index (χ1) is 11.9. The minimum atomic E-state index is -0.825. The third kappa shape index (κ3) is 3.74. The Labute approximate surface area is 153 Å². The molecule has 0 amide bonds. The number of H-pyrrole nitrogens is 1. The maximum Gasteiger partial charge on any atom is 0.265 e. The molecule has 0 spiro atoms. The Balaban J connectivity index is 2.01. The number of pyridine rings is 1. The van der Waals surface area contributed by atoms with Crippen molar-refractivity contribution < 1.29 is 9.13 Å². The molecule has 7 nitrogen and oxygen atoms in total. The molecule has 1 fully saturated rings. The maximum absolute atomic E-state index is 14.3. The van der Waals surface area contributed by atoms with Gasteiger partial charge in [-0.15, -0.1) is 0 Å². The van der Waals surface area contributed by atoms with Gasteiger partial charge in [0.1, 0.15) is 17.0 Å². The van der Waals surface area contributed by atoms with Crippen molar-refractivity contribution in [1.82, 2.24) is 25.2 Å². The number of hydrogen-bond acceptors (Lipinski definition) is 7. The Bertz CT molecular complexity index is 849. The Morgan fingerprint density at radius 3 is 2.92 bits per heavy atom. The van der Waals surface area contributed by atoms with E-state index >= 15 is 0 Å². The Kier molecular flexibility index (Phi) is 5.47. The van der Waals surface area contributed by atoms with Gasteiger partial charge < -0.3 is 19.9 Å². The summed E-state index contributed by atoms with van der Waals surface area (Å²) < 4.78 is 20.2. The van der Waals surface area contributed by atoms with Gasteiger partial charge in [-0.3, -0.25) is 4.79 Å². The van der Waals surface area contributed by atoms with Crippen molar-refractivity contribution in [3.8, 4) is 5.88 Å². The highest BCUT2D eigenvalue weighted by Crippen LogP contribution is 2.28. The van der Waals surface area contributed by atoms with Crippen molar-refractivity contribution in [3.05, 3.63) is 21.3 Å². The highest BCUT2D eigenvalue weighted by atomic mass is 35.5. The summed E-state index contributed by atoms with van der Waals surface area (Å²) in [7, 11) is 2.03. The van der Waals surface area contributed by atoms with Gasteiger partial charge in [-0.25, -0.2) is 9.37 Å². The molecule has 3 heterocycles. The van der Waals surface area contributed by atoms with Crippen LogP contribution in [-0.2, 0) is 0 Å². The van der Waals surface area contributed by atoms with Gasteiger partial charge in [0.2, 0.25) is 5.88 Å². The molecule has 25 heavy (non-hydrogen) atoms. The standard InChI is InChI=1S/C15H19ClFN5O2S/c1-7(8-6-22(2)5-4-18-8)24-14-9-11(10(17)12(16)20-14)19-15(25-3)21-13(9)23/h7-8,18H,4-6H2,1-3H3,(H,19,21,23). The topological polar surface area (TPSA) is 83.1 Å². The minimum Gasteiger partial charge on any atom is -0.472 e. The van der Waals surface area contributed by atoms with Crippen LogP contribution in [0, 0.1) is 5.82 Å². The van der Waals surface area contributed by atoms with E-state index < -0.39 is 11.4 Å². The third-order valence-electron chi connectivity index (χ3n) is 4.17. The van der Waals surface area contributed by atoms with Gasteiger partial charge in [-0.2, -0.15) is 4.98 Å². The summed E-state index contributed by atoms with van der Waals surface area (Å²) in [6.45, 7) is 4.46. The van der Waals surface area contributed by atoms with Crippen LogP contribution in [0.2, 0.25) is 5.15 Å².